The minimum Gasteiger partial charge on any atom is -0.357 e. The van der Waals surface area contributed by atoms with Gasteiger partial charge in [-0.05, 0) is 19.1 Å². The van der Waals surface area contributed by atoms with E-state index < -0.39 is 35.0 Å². The number of H-pyrrole nitrogens is 2. The van der Waals surface area contributed by atoms with Gasteiger partial charge in [-0.2, -0.15) is 5.10 Å². The zero-order valence-corrected chi connectivity index (χ0v) is 36.6. The molecule has 0 aliphatic carbocycles. The predicted molar refractivity (Wildman–Crippen MR) is 243 cm³/mol. The van der Waals surface area contributed by atoms with Gasteiger partial charge in [0, 0.05) is 63.4 Å². The molecule has 2 atom stereocenters. The summed E-state index contributed by atoms with van der Waals surface area (Å²) < 4.78 is 32.3. The van der Waals surface area contributed by atoms with Gasteiger partial charge in [-0.3, -0.25) is 34.1 Å². The van der Waals surface area contributed by atoms with Crippen LogP contribution < -0.4 is 0 Å². The number of nitrogens with zero attached hydrogens (tertiary/aromatic N) is 15. The average molecular weight is 932 g/mol. The Morgan fingerprint density at radius 2 is 1.23 bits per heavy atom. The minimum absolute atomic E-state index is 0.00165. The second-order valence-electron chi connectivity index (χ2n) is 16.6. The Bertz CT molecular complexity index is 3370. The zero-order valence-electron chi connectivity index (χ0n) is 36.6. The summed E-state index contributed by atoms with van der Waals surface area (Å²) in [4.78, 5) is 91.7. The molecule has 2 saturated heterocycles. The predicted octanol–water partition coefficient (Wildman–Crippen LogP) is 2.58. The maximum absolute atomic E-state index is 14.8. The molecule has 11 heterocycles. The van der Waals surface area contributed by atoms with Crippen LogP contribution in [-0.2, 0) is 9.59 Å². The molecule has 2 unspecified atom stereocenters. The van der Waals surface area contributed by atoms with Crippen molar-refractivity contribution in [2.45, 2.75) is 19.0 Å². The van der Waals surface area contributed by atoms with Crippen LogP contribution >= 0.6 is 0 Å². The van der Waals surface area contributed by atoms with E-state index in [9.17, 15) is 28.0 Å². The van der Waals surface area contributed by atoms with Crippen LogP contribution in [0.3, 0.4) is 0 Å². The molecule has 1 aromatic carbocycles. The Labute approximate surface area is 389 Å². The Hall–Kier alpha value is -8.89. The number of piperazine rings is 2. The van der Waals surface area contributed by atoms with Crippen LogP contribution in [-0.4, -0.2) is 174 Å². The molecule has 346 valence electrons. The molecule has 23 heteroatoms. The van der Waals surface area contributed by atoms with Crippen LogP contribution in [0.1, 0.15) is 37.8 Å². The van der Waals surface area contributed by atoms with Gasteiger partial charge in [0.25, 0.3) is 23.4 Å². The highest BCUT2D eigenvalue weighted by Gasteiger charge is 2.40. The first kappa shape index (κ1) is 42.7. The Morgan fingerprint density at radius 1 is 0.652 bits per heavy atom. The first-order chi connectivity index (χ1) is 33.6. The first-order valence-electron chi connectivity index (χ1n) is 22.0. The molecule has 21 nitrogen and oxygen atoms in total. The van der Waals surface area contributed by atoms with Crippen LogP contribution in [0, 0.1) is 18.6 Å². The number of hydrogen-bond acceptors (Lipinski definition) is 15. The van der Waals surface area contributed by atoms with Gasteiger partial charge in [0.05, 0.1) is 82.9 Å². The maximum Gasteiger partial charge on any atom is 0.295 e. The van der Waals surface area contributed by atoms with Gasteiger partial charge in [-0.25, -0.2) is 33.1 Å². The van der Waals surface area contributed by atoms with E-state index in [2.05, 4.69) is 65.1 Å². The summed E-state index contributed by atoms with van der Waals surface area (Å²) in [6, 6.07) is 15.5. The van der Waals surface area contributed by atoms with Crippen LogP contribution in [0.2, 0.25) is 0 Å². The fourth-order valence-corrected chi connectivity index (χ4v) is 9.26. The largest absolute Gasteiger partial charge is 0.357 e. The Kier molecular flexibility index (Phi) is 10.8. The van der Waals surface area contributed by atoms with Gasteiger partial charge in [0.15, 0.2) is 23.3 Å². The number of fused-ring (bicyclic) bond motifs is 4. The quantitative estimate of drug-likeness (QED) is 0.165. The molecule has 0 spiro atoms. The highest BCUT2D eigenvalue weighted by atomic mass is 19.1. The summed E-state index contributed by atoms with van der Waals surface area (Å²) >= 11 is 0. The second-order valence-corrected chi connectivity index (χ2v) is 16.6. The van der Waals surface area contributed by atoms with E-state index in [1.807, 2.05) is 48.5 Å². The normalized spacial score (nSPS) is 17.6. The molecule has 0 saturated carbocycles. The van der Waals surface area contributed by atoms with Crippen LogP contribution in [0.15, 0.2) is 108 Å². The van der Waals surface area contributed by atoms with Crippen LogP contribution in [0.25, 0.3) is 33.4 Å². The summed E-state index contributed by atoms with van der Waals surface area (Å²) in [5.41, 5.74) is 2.28. The van der Waals surface area contributed by atoms with E-state index in [4.69, 9.17) is 0 Å². The number of carbonyl (C=O) groups excluding carboxylic acids is 4. The standard InChI is InChI=1S/C23H20FN9O2.C23H19FN8O2/c1-13-29-12-33(30-13)22-19-18(16(24)10-28-22)15(9-26-19)20(34)23(35)31-6-7-32-14(11-31)8-27-21(32)17-4-2-3-5-25-17;24-17-12-27-22(32-7-6-28-29-32)19-18(17)16(11-25-19)20(33)23(34)30-8-9-31-15(13-30)10-26-21(31)14-4-2-1-3-5-14/h2-5,9-10,12,14,26H,6-8,11H2,1H3;1-7,11-12,15,25H,8-10,13H2. The summed E-state index contributed by atoms with van der Waals surface area (Å²) in [6.07, 6.45) is 10.9. The smallest absolute Gasteiger partial charge is 0.295 e. The number of nitrogens with one attached hydrogen (secondary N) is 2. The SMILES string of the molecule is Cc1ncn(-c2ncc(F)c3c(C(=O)C(=O)N4CCN5C(c6ccccn6)=NCC5C4)c[nH]c23)n1.O=C(C(=O)N1CCN2C(c3ccccc3)=NCC2C1)c1c[nH]c2c(-n3ccnn3)ncc(F)c12. The number of aromatic nitrogens is 11. The van der Waals surface area contributed by atoms with E-state index in [-0.39, 0.29) is 56.7 Å². The molecule has 0 radical (unpaired) electrons. The van der Waals surface area contributed by atoms with E-state index >= 15 is 0 Å². The lowest BCUT2D eigenvalue weighted by Gasteiger charge is -2.38. The number of amides is 2. The molecule has 4 aliphatic heterocycles. The molecular weight excluding hydrogens is 893 g/mol. The monoisotopic (exact) mass is 931 g/mol. The van der Waals surface area contributed by atoms with Crippen molar-refractivity contribution < 1.29 is 28.0 Å². The van der Waals surface area contributed by atoms with Crippen LogP contribution in [0.5, 0.6) is 0 Å². The van der Waals surface area contributed by atoms with Crippen molar-refractivity contribution in [1.82, 2.24) is 74.3 Å². The number of aromatic amines is 2. The number of hydrogen-bond donors (Lipinski definition) is 2. The van der Waals surface area contributed by atoms with Gasteiger partial charge >= 0.3 is 0 Å². The van der Waals surface area contributed by atoms with Gasteiger partial charge in [-0.15, -0.1) is 5.10 Å². The lowest BCUT2D eigenvalue weighted by atomic mass is 10.1. The number of pyridine rings is 3. The highest BCUT2D eigenvalue weighted by Crippen LogP contribution is 2.29. The van der Waals surface area contributed by atoms with Crippen molar-refractivity contribution in [2.75, 3.05) is 52.4 Å². The van der Waals surface area contributed by atoms with E-state index in [0.29, 0.717) is 58.2 Å². The summed E-state index contributed by atoms with van der Waals surface area (Å²) in [7, 11) is 0. The van der Waals surface area contributed by atoms with Crippen molar-refractivity contribution in [3.8, 4) is 11.6 Å². The molecular formula is C46H39F2N17O4. The molecule has 2 N–H and O–H groups in total. The van der Waals surface area contributed by atoms with E-state index in [1.165, 1.54) is 44.1 Å². The van der Waals surface area contributed by atoms with Gasteiger partial charge in [0.1, 0.15) is 29.5 Å². The number of aliphatic imine (C=N–C) groups is 2. The lowest BCUT2D eigenvalue weighted by Crippen LogP contribution is -2.56. The fraction of sp³-hybridized carbons (Fsp3) is 0.239. The maximum atomic E-state index is 14.8. The van der Waals surface area contributed by atoms with Crippen molar-refractivity contribution in [3.05, 3.63) is 138 Å². The number of carbonyl (C=O) groups is 4. The number of benzene rings is 1. The molecule has 2 amide bonds. The number of rotatable bonds is 8. The first-order valence-corrected chi connectivity index (χ1v) is 22.0. The van der Waals surface area contributed by atoms with Crippen molar-refractivity contribution in [1.29, 1.82) is 0 Å². The lowest BCUT2D eigenvalue weighted by molar-refractivity contribution is -0.129. The van der Waals surface area contributed by atoms with Crippen LogP contribution in [0.4, 0.5) is 8.78 Å². The van der Waals surface area contributed by atoms with E-state index in [1.54, 1.807) is 19.3 Å². The van der Waals surface area contributed by atoms with E-state index in [0.717, 1.165) is 35.3 Å². The minimum atomic E-state index is -0.778. The average Bonchev–Trinajstić information content (AvgIpc) is 4.26. The Balaban J connectivity index is 0.000000151. The fourth-order valence-electron chi connectivity index (χ4n) is 9.26. The van der Waals surface area contributed by atoms with Crippen molar-refractivity contribution >= 4 is 56.9 Å². The zero-order chi connectivity index (χ0) is 47.3. The third-order valence-corrected chi connectivity index (χ3v) is 12.5. The molecule has 69 heavy (non-hydrogen) atoms. The molecule has 7 aromatic heterocycles. The van der Waals surface area contributed by atoms with Crippen molar-refractivity contribution in [3.63, 3.8) is 0 Å². The summed E-state index contributed by atoms with van der Waals surface area (Å²) in [5.74, 6) is -1.48. The summed E-state index contributed by atoms with van der Waals surface area (Å²) in [5, 5.41) is 11.8. The molecule has 0 bridgehead atoms. The second kappa shape index (κ2) is 17.4. The Morgan fingerprint density at radius 3 is 1.78 bits per heavy atom. The highest BCUT2D eigenvalue weighted by molar-refractivity contribution is 6.45. The van der Waals surface area contributed by atoms with Gasteiger partial charge in [-0.1, -0.05) is 41.6 Å². The molecule has 4 aliphatic rings. The third kappa shape index (κ3) is 7.62. The number of halogens is 2. The number of aryl methyl sites for hydroxylation is 1. The number of ketones is 2. The summed E-state index contributed by atoms with van der Waals surface area (Å²) in [6.45, 7) is 5.33. The molecule has 2 fully saturated rings. The van der Waals surface area contributed by atoms with Crippen molar-refractivity contribution in [2.24, 2.45) is 9.98 Å². The topological polar surface area (TPSA) is 238 Å². The third-order valence-electron chi connectivity index (χ3n) is 12.5. The molecule has 12 rings (SSSR count). The van der Waals surface area contributed by atoms with Gasteiger partial charge < -0.3 is 29.6 Å². The van der Waals surface area contributed by atoms with Gasteiger partial charge in [0.2, 0.25) is 0 Å². The number of amidine groups is 2. The molecule has 8 aromatic rings. The number of Topliss-reactive ketones (excluding diaryl/α,β-unsaturated/α-hetero) is 2.